The minimum atomic E-state index is 0.514. The molecule has 4 heteroatoms. The third-order valence-electron chi connectivity index (χ3n) is 2.81. The monoisotopic (exact) mass is 239 g/mol. The lowest BCUT2D eigenvalue weighted by Gasteiger charge is -2.06. The molecule has 0 aliphatic carbocycles. The van der Waals surface area contributed by atoms with Crippen LogP contribution in [-0.2, 0) is 6.61 Å². The minimum Gasteiger partial charge on any atom is -0.489 e. The van der Waals surface area contributed by atoms with Crippen LogP contribution in [0.5, 0.6) is 5.75 Å². The van der Waals surface area contributed by atoms with Crippen LogP contribution in [0.1, 0.15) is 5.56 Å². The van der Waals surface area contributed by atoms with Crippen molar-refractivity contribution in [3.63, 3.8) is 0 Å². The Kier molecular flexibility index (Phi) is 2.61. The summed E-state index contributed by atoms with van der Waals surface area (Å²) in [6.45, 7) is 0.552. The number of benzene rings is 2. The van der Waals surface area contributed by atoms with E-state index in [1.807, 2.05) is 48.5 Å². The van der Waals surface area contributed by atoms with Gasteiger partial charge in [-0.1, -0.05) is 30.3 Å². The minimum absolute atomic E-state index is 0.514. The fourth-order valence-electron chi connectivity index (χ4n) is 1.85. The molecule has 4 nitrogen and oxygen atoms in total. The van der Waals surface area contributed by atoms with Gasteiger partial charge in [0.1, 0.15) is 12.4 Å². The van der Waals surface area contributed by atoms with Crippen molar-refractivity contribution in [3.8, 4) is 5.75 Å². The number of aromatic nitrogens is 2. The van der Waals surface area contributed by atoms with E-state index < -0.39 is 0 Å². The number of rotatable bonds is 3. The van der Waals surface area contributed by atoms with Crippen LogP contribution in [0, 0.1) is 0 Å². The van der Waals surface area contributed by atoms with Crippen LogP contribution in [0.3, 0.4) is 0 Å². The van der Waals surface area contributed by atoms with Crippen molar-refractivity contribution in [2.75, 3.05) is 5.73 Å². The van der Waals surface area contributed by atoms with Crippen LogP contribution >= 0.6 is 0 Å². The van der Waals surface area contributed by atoms with E-state index in [1.165, 1.54) is 0 Å². The Hall–Kier alpha value is -2.49. The molecular weight excluding hydrogens is 226 g/mol. The molecule has 0 bridgehead atoms. The molecule has 0 radical (unpaired) electrons. The zero-order valence-electron chi connectivity index (χ0n) is 9.76. The molecule has 3 aromatic rings. The molecule has 0 fully saturated rings. The second-order valence-electron chi connectivity index (χ2n) is 4.09. The number of nitrogen functional groups attached to an aromatic ring is 1. The number of aromatic amines is 1. The topological polar surface area (TPSA) is 63.9 Å². The molecule has 0 saturated carbocycles. The number of hydrogen-bond donors (Lipinski definition) is 2. The molecule has 0 aliphatic heterocycles. The van der Waals surface area contributed by atoms with Gasteiger partial charge in [0, 0.05) is 11.5 Å². The van der Waals surface area contributed by atoms with E-state index in [2.05, 4.69) is 10.2 Å². The molecule has 0 saturated heterocycles. The highest BCUT2D eigenvalue weighted by Crippen LogP contribution is 2.23. The van der Waals surface area contributed by atoms with Crippen molar-refractivity contribution in [1.29, 1.82) is 0 Å². The van der Waals surface area contributed by atoms with E-state index in [4.69, 9.17) is 10.5 Å². The number of hydrogen-bond acceptors (Lipinski definition) is 3. The number of nitrogens with two attached hydrogens (primary N) is 1. The Morgan fingerprint density at radius 2 is 1.94 bits per heavy atom. The fraction of sp³-hybridized carbons (Fsp3) is 0.0714. The number of ether oxygens (including phenoxy) is 1. The normalized spacial score (nSPS) is 10.7. The summed E-state index contributed by atoms with van der Waals surface area (Å²) in [5.41, 5.74) is 7.74. The number of fused-ring (bicyclic) bond motifs is 1. The molecule has 90 valence electrons. The predicted octanol–water partition coefficient (Wildman–Crippen LogP) is 2.72. The van der Waals surface area contributed by atoms with Gasteiger partial charge in [-0.15, -0.1) is 0 Å². The Labute approximate surface area is 104 Å². The Bertz CT molecular complexity index is 661. The average molecular weight is 239 g/mol. The quantitative estimate of drug-likeness (QED) is 0.738. The van der Waals surface area contributed by atoms with Crippen molar-refractivity contribution >= 4 is 16.7 Å². The lowest BCUT2D eigenvalue weighted by molar-refractivity contribution is 0.306. The van der Waals surface area contributed by atoms with Gasteiger partial charge < -0.3 is 10.5 Å². The summed E-state index contributed by atoms with van der Waals surface area (Å²) in [5.74, 6) is 1.31. The van der Waals surface area contributed by atoms with Crippen LogP contribution in [0.4, 0.5) is 5.82 Å². The van der Waals surface area contributed by atoms with Crippen LogP contribution in [-0.4, -0.2) is 10.2 Å². The highest BCUT2D eigenvalue weighted by molar-refractivity contribution is 5.89. The van der Waals surface area contributed by atoms with Gasteiger partial charge >= 0.3 is 0 Å². The lowest BCUT2D eigenvalue weighted by atomic mass is 10.2. The van der Waals surface area contributed by atoms with Crippen molar-refractivity contribution in [2.45, 2.75) is 6.61 Å². The van der Waals surface area contributed by atoms with E-state index in [0.717, 1.165) is 22.2 Å². The van der Waals surface area contributed by atoms with Crippen molar-refractivity contribution in [3.05, 3.63) is 54.1 Å². The van der Waals surface area contributed by atoms with Gasteiger partial charge in [0.05, 0.1) is 5.52 Å². The lowest BCUT2D eigenvalue weighted by Crippen LogP contribution is -1.94. The summed E-state index contributed by atoms with van der Waals surface area (Å²) in [4.78, 5) is 0. The number of anilines is 1. The summed E-state index contributed by atoms with van der Waals surface area (Å²) < 4.78 is 5.72. The number of H-pyrrole nitrogens is 1. The van der Waals surface area contributed by atoms with E-state index in [-0.39, 0.29) is 0 Å². The van der Waals surface area contributed by atoms with Gasteiger partial charge in [0.15, 0.2) is 5.82 Å². The fourth-order valence-corrected chi connectivity index (χ4v) is 1.85. The van der Waals surface area contributed by atoms with Gasteiger partial charge in [0.25, 0.3) is 0 Å². The molecule has 2 aromatic carbocycles. The van der Waals surface area contributed by atoms with Crippen LogP contribution in [0.2, 0.25) is 0 Å². The maximum absolute atomic E-state index is 5.72. The second kappa shape index (κ2) is 4.41. The molecule has 1 aromatic heterocycles. The summed E-state index contributed by atoms with van der Waals surface area (Å²) in [5, 5.41) is 7.74. The zero-order chi connectivity index (χ0) is 12.4. The second-order valence-corrected chi connectivity index (χ2v) is 4.09. The molecule has 0 amide bonds. The van der Waals surface area contributed by atoms with Crippen LogP contribution in [0.25, 0.3) is 10.9 Å². The molecule has 1 heterocycles. The van der Waals surface area contributed by atoms with Crippen molar-refractivity contribution < 1.29 is 4.74 Å². The van der Waals surface area contributed by atoms with Crippen LogP contribution < -0.4 is 10.5 Å². The molecule has 3 rings (SSSR count). The summed E-state index contributed by atoms with van der Waals surface area (Å²) in [6, 6.07) is 15.8. The predicted molar refractivity (Wildman–Crippen MR) is 71.3 cm³/mol. The van der Waals surface area contributed by atoms with Gasteiger partial charge in [-0.2, -0.15) is 5.10 Å². The Balaban J connectivity index is 1.79. The molecule has 0 unspecified atom stereocenters. The van der Waals surface area contributed by atoms with Gasteiger partial charge in [-0.3, -0.25) is 5.10 Å². The molecule has 0 spiro atoms. The summed E-state index contributed by atoms with van der Waals surface area (Å²) in [7, 11) is 0. The van der Waals surface area contributed by atoms with E-state index in [1.54, 1.807) is 0 Å². The van der Waals surface area contributed by atoms with Gasteiger partial charge in [-0.25, -0.2) is 0 Å². The highest BCUT2D eigenvalue weighted by atomic mass is 16.5. The Morgan fingerprint density at radius 1 is 1.11 bits per heavy atom. The Morgan fingerprint density at radius 3 is 2.78 bits per heavy atom. The zero-order valence-corrected chi connectivity index (χ0v) is 9.76. The van der Waals surface area contributed by atoms with E-state index in [0.29, 0.717) is 12.4 Å². The molecule has 18 heavy (non-hydrogen) atoms. The molecule has 0 atom stereocenters. The van der Waals surface area contributed by atoms with Crippen molar-refractivity contribution in [1.82, 2.24) is 10.2 Å². The third kappa shape index (κ3) is 2.00. The smallest absolute Gasteiger partial charge is 0.153 e. The first-order valence-electron chi connectivity index (χ1n) is 5.73. The first-order valence-corrected chi connectivity index (χ1v) is 5.73. The standard InChI is InChI=1S/C14H13N3O/c15-14-12-7-6-11(8-13(12)16-17-14)18-9-10-4-2-1-3-5-10/h1-8H,9H2,(H3,15,16,17). The van der Waals surface area contributed by atoms with Crippen LogP contribution in [0.15, 0.2) is 48.5 Å². The maximum atomic E-state index is 5.72. The molecule has 3 N–H and O–H groups in total. The largest absolute Gasteiger partial charge is 0.489 e. The molecule has 0 aliphatic rings. The van der Waals surface area contributed by atoms with Gasteiger partial charge in [0.2, 0.25) is 0 Å². The van der Waals surface area contributed by atoms with Gasteiger partial charge in [-0.05, 0) is 17.7 Å². The third-order valence-corrected chi connectivity index (χ3v) is 2.81. The van der Waals surface area contributed by atoms with Crippen molar-refractivity contribution in [2.24, 2.45) is 0 Å². The first-order chi connectivity index (χ1) is 8.83. The summed E-state index contributed by atoms with van der Waals surface area (Å²) in [6.07, 6.45) is 0. The van der Waals surface area contributed by atoms with E-state index in [9.17, 15) is 0 Å². The first kappa shape index (κ1) is 10.7. The highest BCUT2D eigenvalue weighted by Gasteiger charge is 2.03. The molecular formula is C14H13N3O. The maximum Gasteiger partial charge on any atom is 0.153 e. The number of nitrogens with zero attached hydrogens (tertiary/aromatic N) is 1. The van der Waals surface area contributed by atoms with E-state index >= 15 is 0 Å². The number of nitrogens with one attached hydrogen (secondary N) is 1. The SMILES string of the molecule is Nc1n[nH]c2cc(OCc3ccccc3)ccc12. The summed E-state index contributed by atoms with van der Waals surface area (Å²) >= 11 is 0. The average Bonchev–Trinajstić information content (AvgIpc) is 2.79.